The van der Waals surface area contributed by atoms with Crippen LogP contribution >= 0.6 is 0 Å². The van der Waals surface area contributed by atoms with Gasteiger partial charge in [-0.05, 0) is 63.4 Å². The summed E-state index contributed by atoms with van der Waals surface area (Å²) in [6.45, 7) is 7.86. The van der Waals surface area contributed by atoms with Gasteiger partial charge in [-0.1, -0.05) is 30.3 Å². The lowest BCUT2D eigenvalue weighted by Gasteiger charge is -2.37. The maximum Gasteiger partial charge on any atom is 0.410 e. The van der Waals surface area contributed by atoms with E-state index in [2.05, 4.69) is 5.32 Å². The number of Topliss-reactive ketones (excluding diaryl/α,β-unsaturated/α-hetero) is 1. The first kappa shape index (κ1) is 29.2. The van der Waals surface area contributed by atoms with Gasteiger partial charge in [0.05, 0.1) is 19.2 Å². The van der Waals surface area contributed by atoms with Crippen molar-refractivity contribution in [1.82, 2.24) is 10.2 Å². The summed E-state index contributed by atoms with van der Waals surface area (Å²) in [7, 11) is 1.62. The number of nitrogens with zero attached hydrogens (tertiary/aromatic N) is 1. The van der Waals surface area contributed by atoms with E-state index in [1.165, 1.54) is 0 Å². The van der Waals surface area contributed by atoms with E-state index >= 15 is 0 Å². The molecule has 0 aromatic heterocycles. The Hall–Kier alpha value is -4.27. The van der Waals surface area contributed by atoms with Crippen molar-refractivity contribution in [1.29, 1.82) is 0 Å². The highest BCUT2D eigenvalue weighted by Gasteiger charge is 2.43. The highest BCUT2D eigenvalue weighted by molar-refractivity contribution is 6.04. The number of phenolic OH excluding ortho intramolecular Hbond substituents is 1. The largest absolute Gasteiger partial charge is 0.508 e. The zero-order valence-electron chi connectivity index (χ0n) is 24.7. The van der Waals surface area contributed by atoms with E-state index in [0.29, 0.717) is 41.8 Å². The van der Waals surface area contributed by atoms with Crippen LogP contribution in [0.2, 0.25) is 0 Å². The number of para-hydroxylation sites is 1. The number of nitrogens with one attached hydrogen (secondary N) is 1. The Morgan fingerprint density at radius 2 is 1.83 bits per heavy atom. The maximum absolute atomic E-state index is 13.9. The number of benzene rings is 2. The lowest BCUT2D eigenvalue weighted by Crippen LogP contribution is -2.38. The SMILES string of the molecule is COc1ccccc1[C@H]1CC(=O)C2=C(C1)NC(C)=C(C(=O)O[C@@H]1CCN(C(=O)OC(C)(C)C)C1)[C@H]2c1cccc(O)c1. The fraction of sp³-hybridized carbons (Fsp3) is 0.424. The summed E-state index contributed by atoms with van der Waals surface area (Å²) in [4.78, 5) is 41.8. The van der Waals surface area contributed by atoms with Gasteiger partial charge in [-0.2, -0.15) is 0 Å². The number of phenols is 1. The molecule has 42 heavy (non-hydrogen) atoms. The molecule has 1 fully saturated rings. The zero-order valence-corrected chi connectivity index (χ0v) is 24.7. The zero-order chi connectivity index (χ0) is 30.2. The Labute approximate surface area is 246 Å². The number of aromatic hydroxyl groups is 1. The average molecular weight is 575 g/mol. The summed E-state index contributed by atoms with van der Waals surface area (Å²) in [5, 5.41) is 13.7. The number of dihydropyridines is 1. The number of esters is 1. The van der Waals surface area contributed by atoms with Gasteiger partial charge in [0.2, 0.25) is 0 Å². The van der Waals surface area contributed by atoms with Crippen molar-refractivity contribution < 1.29 is 33.7 Å². The van der Waals surface area contributed by atoms with Crippen LogP contribution in [0.3, 0.4) is 0 Å². The van der Waals surface area contributed by atoms with E-state index in [1.807, 2.05) is 24.3 Å². The average Bonchev–Trinajstić information content (AvgIpc) is 3.39. The van der Waals surface area contributed by atoms with Gasteiger partial charge < -0.3 is 29.5 Å². The molecule has 1 saturated heterocycles. The second-order valence-electron chi connectivity index (χ2n) is 12.1. The molecule has 222 valence electrons. The second-order valence-corrected chi connectivity index (χ2v) is 12.1. The van der Waals surface area contributed by atoms with Gasteiger partial charge in [-0.15, -0.1) is 0 Å². The molecule has 1 aliphatic carbocycles. The number of carbonyl (C=O) groups excluding carboxylic acids is 3. The van der Waals surface area contributed by atoms with E-state index in [1.54, 1.807) is 64.0 Å². The molecule has 0 unspecified atom stereocenters. The molecule has 0 radical (unpaired) electrons. The Morgan fingerprint density at radius 3 is 2.55 bits per heavy atom. The summed E-state index contributed by atoms with van der Waals surface area (Å²) >= 11 is 0. The number of rotatable bonds is 5. The third-order valence-electron chi connectivity index (χ3n) is 7.90. The Bertz CT molecular complexity index is 1470. The molecule has 1 amide bonds. The van der Waals surface area contributed by atoms with E-state index in [4.69, 9.17) is 14.2 Å². The lowest BCUT2D eigenvalue weighted by atomic mass is 9.71. The van der Waals surface area contributed by atoms with Crippen LogP contribution < -0.4 is 10.1 Å². The van der Waals surface area contributed by atoms with Crippen LogP contribution in [0.5, 0.6) is 11.5 Å². The molecule has 9 nitrogen and oxygen atoms in total. The van der Waals surface area contributed by atoms with E-state index < -0.39 is 29.7 Å². The molecular weight excluding hydrogens is 536 g/mol. The molecule has 2 aromatic rings. The van der Waals surface area contributed by atoms with Crippen molar-refractivity contribution in [3.8, 4) is 11.5 Å². The smallest absolute Gasteiger partial charge is 0.410 e. The fourth-order valence-corrected chi connectivity index (χ4v) is 6.10. The van der Waals surface area contributed by atoms with Crippen molar-refractivity contribution >= 4 is 17.8 Å². The summed E-state index contributed by atoms with van der Waals surface area (Å²) < 4.78 is 17.0. The quantitative estimate of drug-likeness (QED) is 0.462. The van der Waals surface area contributed by atoms with E-state index in [-0.39, 0.29) is 30.4 Å². The summed E-state index contributed by atoms with van der Waals surface area (Å²) in [6, 6.07) is 14.3. The topological polar surface area (TPSA) is 114 Å². The number of hydrogen-bond donors (Lipinski definition) is 2. The molecule has 3 aliphatic rings. The van der Waals surface area contributed by atoms with Gasteiger partial charge in [0.25, 0.3) is 0 Å². The van der Waals surface area contributed by atoms with Gasteiger partial charge >= 0.3 is 12.1 Å². The number of carbonyl (C=O) groups is 3. The number of hydrogen-bond acceptors (Lipinski definition) is 8. The number of allylic oxidation sites excluding steroid dienone is 3. The van der Waals surface area contributed by atoms with E-state index in [9.17, 15) is 19.5 Å². The molecule has 2 aromatic carbocycles. The second kappa shape index (κ2) is 11.5. The van der Waals surface area contributed by atoms with Crippen LogP contribution in [0, 0.1) is 0 Å². The van der Waals surface area contributed by atoms with Crippen LogP contribution in [0.25, 0.3) is 0 Å². The highest BCUT2D eigenvalue weighted by atomic mass is 16.6. The number of methoxy groups -OCH3 is 1. The first-order valence-corrected chi connectivity index (χ1v) is 14.3. The Balaban J connectivity index is 1.43. The fourth-order valence-electron chi connectivity index (χ4n) is 6.10. The minimum absolute atomic E-state index is 0.0394. The van der Waals surface area contributed by atoms with E-state index in [0.717, 1.165) is 17.0 Å². The molecule has 2 aliphatic heterocycles. The van der Waals surface area contributed by atoms with Crippen LogP contribution in [0.1, 0.15) is 69.9 Å². The Morgan fingerprint density at radius 1 is 1.07 bits per heavy atom. The third-order valence-corrected chi connectivity index (χ3v) is 7.90. The normalized spacial score (nSPS) is 22.5. The first-order valence-electron chi connectivity index (χ1n) is 14.3. The molecule has 0 spiro atoms. The molecule has 0 saturated carbocycles. The van der Waals surface area contributed by atoms with Crippen LogP contribution in [-0.4, -0.2) is 59.8 Å². The molecule has 0 bridgehead atoms. The van der Waals surface area contributed by atoms with Crippen molar-refractivity contribution in [3.05, 3.63) is 82.2 Å². The summed E-state index contributed by atoms with van der Waals surface area (Å²) in [5.74, 6) is -0.678. The standard InChI is InChI=1S/C33H38N2O7/c1-19-28(31(38)41-23-13-14-35(18-23)32(39)42-33(2,3)4)29(20-9-8-10-22(36)15-20)30-25(34-19)16-21(17-26(30)37)24-11-6-7-12-27(24)40-5/h6-12,15,21,23,29,34,36H,13-14,16-18H2,1-5H3/t21-,23-,29-/m1/s1. The van der Waals surface area contributed by atoms with Crippen LogP contribution in [0.4, 0.5) is 4.79 Å². The van der Waals surface area contributed by atoms with Crippen molar-refractivity contribution in [3.63, 3.8) is 0 Å². The number of likely N-dealkylation sites (tertiary alicyclic amines) is 1. The number of ether oxygens (including phenoxy) is 3. The van der Waals surface area contributed by atoms with Crippen LogP contribution in [-0.2, 0) is 19.1 Å². The molecule has 2 heterocycles. The van der Waals surface area contributed by atoms with Gasteiger partial charge in [0, 0.05) is 48.2 Å². The number of ketones is 1. The summed E-state index contributed by atoms with van der Waals surface area (Å²) in [6.07, 6.45) is 0.340. The maximum atomic E-state index is 13.9. The van der Waals surface area contributed by atoms with Gasteiger partial charge in [0.1, 0.15) is 23.2 Å². The minimum Gasteiger partial charge on any atom is -0.508 e. The monoisotopic (exact) mass is 574 g/mol. The van der Waals surface area contributed by atoms with Crippen molar-refractivity contribution in [2.24, 2.45) is 0 Å². The Kier molecular flexibility index (Phi) is 8.03. The minimum atomic E-state index is -0.713. The van der Waals surface area contributed by atoms with Crippen LogP contribution in [0.15, 0.2) is 71.1 Å². The molecule has 5 rings (SSSR count). The first-order chi connectivity index (χ1) is 19.9. The molecule has 3 atom stereocenters. The lowest BCUT2D eigenvalue weighted by molar-refractivity contribution is -0.144. The molecule has 9 heteroatoms. The number of amides is 1. The van der Waals surface area contributed by atoms with Gasteiger partial charge in [0.15, 0.2) is 5.78 Å². The molecular formula is C33H38N2O7. The summed E-state index contributed by atoms with van der Waals surface area (Å²) in [5.41, 5.74) is 3.12. The van der Waals surface area contributed by atoms with Crippen molar-refractivity contribution in [2.75, 3.05) is 20.2 Å². The predicted molar refractivity (Wildman–Crippen MR) is 156 cm³/mol. The van der Waals surface area contributed by atoms with Crippen molar-refractivity contribution in [2.45, 2.75) is 70.5 Å². The van der Waals surface area contributed by atoms with Gasteiger partial charge in [-0.3, -0.25) is 4.79 Å². The third kappa shape index (κ3) is 6.00. The molecule has 2 N–H and O–H groups in total. The highest BCUT2D eigenvalue weighted by Crippen LogP contribution is 2.47. The predicted octanol–water partition coefficient (Wildman–Crippen LogP) is 5.32. The van der Waals surface area contributed by atoms with Gasteiger partial charge in [-0.25, -0.2) is 9.59 Å².